The first-order valence-corrected chi connectivity index (χ1v) is 9.54. The van der Waals surface area contributed by atoms with Gasteiger partial charge in [-0.3, -0.25) is 19.0 Å². The van der Waals surface area contributed by atoms with Gasteiger partial charge in [-0.25, -0.2) is 0 Å². The van der Waals surface area contributed by atoms with E-state index < -0.39 is 23.3 Å². The summed E-state index contributed by atoms with van der Waals surface area (Å²) in [6.07, 6.45) is 1.42. The van der Waals surface area contributed by atoms with Gasteiger partial charge in [-0.05, 0) is 48.0 Å². The minimum absolute atomic E-state index is 0.153. The van der Waals surface area contributed by atoms with Crippen molar-refractivity contribution in [1.29, 1.82) is 0 Å². The first kappa shape index (κ1) is 19.7. The quantitative estimate of drug-likeness (QED) is 0.485. The van der Waals surface area contributed by atoms with Crippen molar-refractivity contribution in [3.63, 3.8) is 0 Å². The lowest BCUT2D eigenvalue weighted by Gasteiger charge is -2.18. The van der Waals surface area contributed by atoms with Crippen molar-refractivity contribution >= 4 is 23.3 Å². The van der Waals surface area contributed by atoms with E-state index >= 15 is 0 Å². The molecule has 4 rings (SSSR count). The van der Waals surface area contributed by atoms with Crippen LogP contribution in [0.5, 0.6) is 11.5 Å². The van der Waals surface area contributed by atoms with E-state index in [1.54, 1.807) is 42.5 Å². The lowest BCUT2D eigenvalue weighted by molar-refractivity contribution is -0.123. The molecule has 1 atom stereocenters. The molecule has 2 heterocycles. The van der Waals surface area contributed by atoms with Gasteiger partial charge in [0.05, 0.1) is 0 Å². The lowest BCUT2D eigenvalue weighted by Crippen LogP contribution is -2.41. The molecule has 0 spiro atoms. The monoisotopic (exact) mass is 424 g/mol. The summed E-state index contributed by atoms with van der Waals surface area (Å²) in [6, 6.07) is 14.6. The SMILES string of the molecule is O=C(NCc1ccc2c(c1)OCO2)C(C(=O)c1ccc(Cl)cc1)n1ccccc1=O. The number of benzene rings is 2. The van der Waals surface area contributed by atoms with E-state index in [0.29, 0.717) is 16.5 Å². The van der Waals surface area contributed by atoms with Gasteiger partial charge in [0.25, 0.3) is 11.5 Å². The van der Waals surface area contributed by atoms with Gasteiger partial charge >= 0.3 is 0 Å². The number of hydrogen-bond acceptors (Lipinski definition) is 5. The molecular formula is C22H17ClN2O5. The fourth-order valence-corrected chi connectivity index (χ4v) is 3.26. The highest BCUT2D eigenvalue weighted by Gasteiger charge is 2.30. The summed E-state index contributed by atoms with van der Waals surface area (Å²) >= 11 is 5.89. The second-order valence-corrected chi connectivity index (χ2v) is 7.06. The van der Waals surface area contributed by atoms with E-state index in [0.717, 1.165) is 10.1 Å². The van der Waals surface area contributed by atoms with Gasteiger partial charge in [-0.15, -0.1) is 0 Å². The number of aromatic nitrogens is 1. The molecule has 1 aromatic heterocycles. The summed E-state index contributed by atoms with van der Waals surface area (Å²) in [7, 11) is 0. The number of ether oxygens (including phenoxy) is 2. The first-order chi connectivity index (χ1) is 14.5. The molecule has 1 amide bonds. The fourth-order valence-electron chi connectivity index (χ4n) is 3.13. The highest BCUT2D eigenvalue weighted by Crippen LogP contribution is 2.32. The molecule has 3 aromatic rings. The molecule has 1 unspecified atom stereocenters. The van der Waals surface area contributed by atoms with Crippen molar-refractivity contribution in [2.75, 3.05) is 6.79 Å². The van der Waals surface area contributed by atoms with Gasteiger partial charge in [-0.1, -0.05) is 23.7 Å². The third-order valence-electron chi connectivity index (χ3n) is 4.66. The van der Waals surface area contributed by atoms with Crippen LogP contribution in [0, 0.1) is 0 Å². The Labute approximate surface area is 176 Å². The number of amides is 1. The molecule has 8 heteroatoms. The average Bonchev–Trinajstić information content (AvgIpc) is 3.22. The number of hydrogen-bond donors (Lipinski definition) is 1. The van der Waals surface area contributed by atoms with Crippen LogP contribution in [0.3, 0.4) is 0 Å². The molecule has 152 valence electrons. The molecule has 1 N–H and O–H groups in total. The Morgan fingerprint density at radius 2 is 1.80 bits per heavy atom. The summed E-state index contributed by atoms with van der Waals surface area (Å²) in [5.74, 6) is 0.121. The van der Waals surface area contributed by atoms with Crippen molar-refractivity contribution in [3.8, 4) is 11.5 Å². The number of carbonyl (C=O) groups excluding carboxylic acids is 2. The summed E-state index contributed by atoms with van der Waals surface area (Å²) in [5.41, 5.74) is 0.590. The van der Waals surface area contributed by atoms with Crippen molar-refractivity contribution < 1.29 is 19.1 Å². The zero-order valence-electron chi connectivity index (χ0n) is 15.7. The summed E-state index contributed by atoms with van der Waals surface area (Å²) in [5, 5.41) is 3.20. The molecule has 0 bridgehead atoms. The van der Waals surface area contributed by atoms with E-state index in [-0.39, 0.29) is 18.9 Å². The van der Waals surface area contributed by atoms with Crippen molar-refractivity contribution in [2.24, 2.45) is 0 Å². The molecule has 0 saturated heterocycles. The minimum Gasteiger partial charge on any atom is -0.454 e. The summed E-state index contributed by atoms with van der Waals surface area (Å²) in [6.45, 7) is 0.307. The number of nitrogens with zero attached hydrogens (tertiary/aromatic N) is 1. The van der Waals surface area contributed by atoms with Crippen molar-refractivity contribution in [1.82, 2.24) is 9.88 Å². The van der Waals surface area contributed by atoms with Crippen LogP contribution in [-0.4, -0.2) is 23.1 Å². The van der Waals surface area contributed by atoms with E-state index in [9.17, 15) is 14.4 Å². The molecule has 1 aliphatic rings. The Bertz CT molecular complexity index is 1160. The molecule has 7 nitrogen and oxygen atoms in total. The second kappa shape index (κ2) is 8.42. The maximum Gasteiger partial charge on any atom is 0.251 e. The topological polar surface area (TPSA) is 86.6 Å². The predicted octanol–water partition coefficient (Wildman–Crippen LogP) is 2.97. The molecule has 0 saturated carbocycles. The van der Waals surface area contributed by atoms with Gasteiger partial charge < -0.3 is 14.8 Å². The van der Waals surface area contributed by atoms with Crippen molar-refractivity contribution in [3.05, 3.63) is 93.4 Å². The Morgan fingerprint density at radius 1 is 1.03 bits per heavy atom. The van der Waals surface area contributed by atoms with Crippen LogP contribution in [0.2, 0.25) is 5.02 Å². The van der Waals surface area contributed by atoms with Crippen LogP contribution in [-0.2, 0) is 11.3 Å². The first-order valence-electron chi connectivity index (χ1n) is 9.16. The third-order valence-corrected chi connectivity index (χ3v) is 4.91. The number of nitrogens with one attached hydrogen (secondary N) is 1. The predicted molar refractivity (Wildman–Crippen MR) is 110 cm³/mol. The summed E-state index contributed by atoms with van der Waals surface area (Å²) in [4.78, 5) is 38.5. The van der Waals surface area contributed by atoms with Gasteiger partial charge in [0.1, 0.15) is 0 Å². The van der Waals surface area contributed by atoms with E-state index in [2.05, 4.69) is 5.32 Å². The molecule has 0 fully saturated rings. The van der Waals surface area contributed by atoms with Crippen LogP contribution in [0.1, 0.15) is 22.0 Å². The van der Waals surface area contributed by atoms with Gasteiger partial charge in [0.15, 0.2) is 23.3 Å². The van der Waals surface area contributed by atoms with Gasteiger partial charge in [0.2, 0.25) is 6.79 Å². The second-order valence-electron chi connectivity index (χ2n) is 6.63. The fraction of sp³-hybridized carbons (Fsp3) is 0.136. The summed E-state index contributed by atoms with van der Waals surface area (Å²) < 4.78 is 11.7. The lowest BCUT2D eigenvalue weighted by atomic mass is 10.0. The van der Waals surface area contributed by atoms with E-state index in [1.807, 2.05) is 0 Å². The number of carbonyl (C=O) groups is 2. The highest BCUT2D eigenvalue weighted by atomic mass is 35.5. The van der Waals surface area contributed by atoms with Crippen LogP contribution < -0.4 is 20.3 Å². The molecule has 2 aromatic carbocycles. The highest BCUT2D eigenvalue weighted by molar-refractivity contribution is 6.30. The smallest absolute Gasteiger partial charge is 0.251 e. The van der Waals surface area contributed by atoms with Crippen LogP contribution in [0.4, 0.5) is 0 Å². The number of halogens is 1. The standard InChI is InChI=1S/C22H17ClN2O5/c23-16-7-5-15(6-8-16)21(27)20(25-10-2-1-3-19(25)26)22(28)24-12-14-4-9-17-18(11-14)30-13-29-17/h1-11,20H,12-13H2,(H,24,28). The zero-order chi connectivity index (χ0) is 21.1. The number of rotatable bonds is 6. The third kappa shape index (κ3) is 4.06. The van der Waals surface area contributed by atoms with Gasteiger partial charge in [-0.2, -0.15) is 0 Å². The molecule has 30 heavy (non-hydrogen) atoms. The number of ketones is 1. The minimum atomic E-state index is -1.35. The Kier molecular flexibility index (Phi) is 5.54. The number of Topliss-reactive ketones (excluding diaryl/α,β-unsaturated/α-hetero) is 1. The molecular weight excluding hydrogens is 408 g/mol. The molecule has 0 radical (unpaired) electrons. The van der Waals surface area contributed by atoms with Crippen LogP contribution in [0.25, 0.3) is 0 Å². The van der Waals surface area contributed by atoms with E-state index in [1.165, 1.54) is 24.4 Å². The maximum atomic E-state index is 13.1. The molecule has 1 aliphatic heterocycles. The van der Waals surface area contributed by atoms with Gasteiger partial charge in [0, 0.05) is 29.4 Å². The zero-order valence-corrected chi connectivity index (χ0v) is 16.5. The Hall–Kier alpha value is -3.58. The molecule has 0 aliphatic carbocycles. The Balaban J connectivity index is 1.59. The Morgan fingerprint density at radius 3 is 2.57 bits per heavy atom. The van der Waals surface area contributed by atoms with Crippen molar-refractivity contribution in [2.45, 2.75) is 12.6 Å². The number of fused-ring (bicyclic) bond motifs is 1. The number of pyridine rings is 1. The normalized spacial score (nSPS) is 13.0. The van der Waals surface area contributed by atoms with Crippen LogP contribution in [0.15, 0.2) is 71.7 Å². The van der Waals surface area contributed by atoms with E-state index in [4.69, 9.17) is 21.1 Å². The van der Waals surface area contributed by atoms with Crippen LogP contribution >= 0.6 is 11.6 Å². The maximum absolute atomic E-state index is 13.1. The average molecular weight is 425 g/mol. The largest absolute Gasteiger partial charge is 0.454 e.